The van der Waals surface area contributed by atoms with E-state index in [0.29, 0.717) is 22.9 Å². The molecule has 0 fully saturated rings. The van der Waals surface area contributed by atoms with E-state index < -0.39 is 0 Å². The average Bonchev–Trinajstić information content (AvgIpc) is 3.40. The third-order valence-corrected chi connectivity index (χ3v) is 5.43. The number of nitrogens with one attached hydrogen (secondary N) is 1. The Labute approximate surface area is 183 Å². The van der Waals surface area contributed by atoms with E-state index in [-0.39, 0.29) is 5.91 Å². The lowest BCUT2D eigenvalue weighted by Gasteiger charge is -2.12. The summed E-state index contributed by atoms with van der Waals surface area (Å²) in [6, 6.07) is 11.1. The number of nitrogens with zero attached hydrogens (tertiary/aromatic N) is 2. The Morgan fingerprint density at radius 1 is 1.06 bits per heavy atom. The molecule has 0 aliphatic carbocycles. The second-order valence-corrected chi connectivity index (χ2v) is 7.45. The van der Waals surface area contributed by atoms with Crippen LogP contribution in [0.1, 0.15) is 5.56 Å². The van der Waals surface area contributed by atoms with Gasteiger partial charge in [-0.2, -0.15) is 0 Å². The van der Waals surface area contributed by atoms with Crippen molar-refractivity contribution < 1.29 is 19.0 Å². The Morgan fingerprint density at radius 3 is 2.39 bits per heavy atom. The van der Waals surface area contributed by atoms with Crippen molar-refractivity contribution in [2.75, 3.05) is 26.6 Å². The third-order valence-electron chi connectivity index (χ3n) is 4.66. The molecule has 7 nitrogen and oxygen atoms in total. The fourth-order valence-electron chi connectivity index (χ4n) is 3.14. The van der Waals surface area contributed by atoms with E-state index in [9.17, 15) is 4.79 Å². The number of hydrogen-bond acceptors (Lipinski definition) is 6. The number of benzene rings is 2. The minimum atomic E-state index is -0.246. The Bertz CT molecular complexity index is 1190. The number of rotatable bonds is 7. The summed E-state index contributed by atoms with van der Waals surface area (Å²) in [6.07, 6.45) is 7.11. The predicted molar refractivity (Wildman–Crippen MR) is 122 cm³/mol. The van der Waals surface area contributed by atoms with Crippen molar-refractivity contribution in [1.82, 2.24) is 9.38 Å². The van der Waals surface area contributed by atoms with Crippen LogP contribution in [0.15, 0.2) is 60.2 Å². The van der Waals surface area contributed by atoms with Crippen molar-refractivity contribution in [3.8, 4) is 28.5 Å². The van der Waals surface area contributed by atoms with Gasteiger partial charge in [-0.15, -0.1) is 11.3 Å². The molecular weight excluding hydrogens is 414 g/mol. The summed E-state index contributed by atoms with van der Waals surface area (Å²) in [6.45, 7) is 0. The first-order valence-corrected chi connectivity index (χ1v) is 10.3. The fourth-order valence-corrected chi connectivity index (χ4v) is 3.84. The lowest BCUT2D eigenvalue weighted by molar-refractivity contribution is -0.111. The van der Waals surface area contributed by atoms with Crippen molar-refractivity contribution >= 4 is 34.0 Å². The number of carbonyl (C=O) groups excluding carboxylic acids is 1. The number of hydrogen-bond donors (Lipinski definition) is 1. The van der Waals surface area contributed by atoms with Crippen molar-refractivity contribution in [3.63, 3.8) is 0 Å². The highest BCUT2D eigenvalue weighted by molar-refractivity contribution is 7.15. The Hall–Kier alpha value is -3.78. The highest BCUT2D eigenvalue weighted by Gasteiger charge is 2.12. The van der Waals surface area contributed by atoms with E-state index in [0.717, 1.165) is 21.8 Å². The largest absolute Gasteiger partial charge is 0.493 e. The molecule has 0 atom stereocenters. The lowest BCUT2D eigenvalue weighted by atomic mass is 10.1. The average molecular weight is 436 g/mol. The van der Waals surface area contributed by atoms with Gasteiger partial charge in [0.1, 0.15) is 0 Å². The molecule has 0 unspecified atom stereocenters. The van der Waals surface area contributed by atoms with E-state index in [2.05, 4.69) is 10.3 Å². The van der Waals surface area contributed by atoms with Crippen LogP contribution in [-0.2, 0) is 4.79 Å². The summed E-state index contributed by atoms with van der Waals surface area (Å²) in [5.41, 5.74) is 3.33. The molecule has 2 aromatic carbocycles. The number of fused-ring (bicyclic) bond motifs is 1. The number of carbonyl (C=O) groups is 1. The monoisotopic (exact) mass is 435 g/mol. The predicted octanol–water partition coefficient (Wildman–Crippen LogP) is 4.74. The van der Waals surface area contributed by atoms with Gasteiger partial charge in [0, 0.05) is 35.1 Å². The number of ether oxygens (including phenoxy) is 3. The van der Waals surface area contributed by atoms with Crippen molar-refractivity contribution in [2.45, 2.75) is 0 Å². The molecule has 0 aliphatic heterocycles. The first-order chi connectivity index (χ1) is 15.1. The molecule has 0 radical (unpaired) electrons. The van der Waals surface area contributed by atoms with Crippen LogP contribution in [0.5, 0.6) is 17.2 Å². The van der Waals surface area contributed by atoms with Crippen LogP contribution in [0.25, 0.3) is 22.3 Å². The van der Waals surface area contributed by atoms with Gasteiger partial charge in [0.25, 0.3) is 0 Å². The van der Waals surface area contributed by atoms with E-state index in [1.54, 1.807) is 50.9 Å². The molecule has 4 aromatic rings. The molecule has 158 valence electrons. The molecule has 2 aromatic heterocycles. The topological polar surface area (TPSA) is 74.1 Å². The van der Waals surface area contributed by atoms with Gasteiger partial charge in [-0.05, 0) is 35.9 Å². The normalized spacial score (nSPS) is 11.1. The molecule has 31 heavy (non-hydrogen) atoms. The van der Waals surface area contributed by atoms with Crippen LogP contribution in [0, 0.1) is 0 Å². The minimum absolute atomic E-state index is 0.246. The third kappa shape index (κ3) is 4.39. The quantitative estimate of drug-likeness (QED) is 0.425. The van der Waals surface area contributed by atoms with Gasteiger partial charge in [0.05, 0.1) is 27.0 Å². The Kier molecular flexibility index (Phi) is 5.90. The van der Waals surface area contributed by atoms with Gasteiger partial charge in [0.15, 0.2) is 16.5 Å². The summed E-state index contributed by atoms with van der Waals surface area (Å²) in [4.78, 5) is 17.9. The lowest BCUT2D eigenvalue weighted by Crippen LogP contribution is -2.07. The molecule has 8 heteroatoms. The number of methoxy groups -OCH3 is 3. The van der Waals surface area contributed by atoms with E-state index in [1.165, 1.54) is 6.08 Å². The Morgan fingerprint density at radius 2 is 1.77 bits per heavy atom. The minimum Gasteiger partial charge on any atom is -0.493 e. The number of imidazole rings is 1. The van der Waals surface area contributed by atoms with Crippen LogP contribution >= 0.6 is 11.3 Å². The summed E-state index contributed by atoms with van der Waals surface area (Å²) in [7, 11) is 4.65. The summed E-state index contributed by atoms with van der Waals surface area (Å²) >= 11 is 1.59. The molecule has 2 heterocycles. The standard InChI is InChI=1S/C23H21N3O4S/c1-28-19-12-15(13-20(29-2)22(19)30-3)4-9-21(27)24-17-7-5-16(6-8-17)18-14-26-10-11-31-23(26)25-18/h4-14H,1-3H3,(H,24,27)/b9-4+. The van der Waals surface area contributed by atoms with Gasteiger partial charge in [-0.1, -0.05) is 12.1 Å². The van der Waals surface area contributed by atoms with Gasteiger partial charge in [-0.3, -0.25) is 9.20 Å². The summed E-state index contributed by atoms with van der Waals surface area (Å²) in [5, 5.41) is 4.85. The Balaban J connectivity index is 1.45. The molecule has 4 rings (SSSR count). The smallest absolute Gasteiger partial charge is 0.248 e. The van der Waals surface area contributed by atoms with Gasteiger partial charge < -0.3 is 19.5 Å². The molecule has 0 saturated heterocycles. The van der Waals surface area contributed by atoms with E-state index >= 15 is 0 Å². The number of anilines is 1. The molecule has 1 amide bonds. The molecule has 0 bridgehead atoms. The maximum atomic E-state index is 12.4. The van der Waals surface area contributed by atoms with Crippen LogP contribution in [0.4, 0.5) is 5.69 Å². The second kappa shape index (κ2) is 8.93. The second-order valence-electron chi connectivity index (χ2n) is 6.58. The zero-order valence-corrected chi connectivity index (χ0v) is 18.1. The molecule has 0 aliphatic rings. The number of aromatic nitrogens is 2. The SMILES string of the molecule is COc1cc(/C=C/C(=O)Nc2ccc(-c3cn4ccsc4n3)cc2)cc(OC)c1OC. The van der Waals surface area contributed by atoms with Crippen LogP contribution in [0.3, 0.4) is 0 Å². The van der Waals surface area contributed by atoms with Crippen LogP contribution in [-0.4, -0.2) is 36.6 Å². The van der Waals surface area contributed by atoms with Crippen molar-refractivity contribution in [2.24, 2.45) is 0 Å². The first-order valence-electron chi connectivity index (χ1n) is 9.43. The zero-order chi connectivity index (χ0) is 21.8. The fraction of sp³-hybridized carbons (Fsp3) is 0.130. The maximum Gasteiger partial charge on any atom is 0.248 e. The molecule has 0 saturated carbocycles. The molecular formula is C23H21N3O4S. The van der Waals surface area contributed by atoms with Crippen molar-refractivity contribution in [1.29, 1.82) is 0 Å². The maximum absolute atomic E-state index is 12.4. The highest BCUT2D eigenvalue weighted by Crippen LogP contribution is 2.38. The summed E-state index contributed by atoms with van der Waals surface area (Å²) < 4.78 is 18.0. The molecule has 0 spiro atoms. The number of amides is 1. The van der Waals surface area contributed by atoms with Gasteiger partial charge in [-0.25, -0.2) is 4.98 Å². The van der Waals surface area contributed by atoms with Gasteiger partial charge >= 0.3 is 0 Å². The van der Waals surface area contributed by atoms with Crippen molar-refractivity contribution in [3.05, 3.63) is 65.8 Å². The van der Waals surface area contributed by atoms with Crippen LogP contribution in [0.2, 0.25) is 0 Å². The van der Waals surface area contributed by atoms with Crippen LogP contribution < -0.4 is 19.5 Å². The van der Waals surface area contributed by atoms with Gasteiger partial charge in [0.2, 0.25) is 11.7 Å². The van der Waals surface area contributed by atoms with E-state index in [4.69, 9.17) is 14.2 Å². The highest BCUT2D eigenvalue weighted by atomic mass is 32.1. The summed E-state index contributed by atoms with van der Waals surface area (Å²) in [5.74, 6) is 1.31. The van der Waals surface area contributed by atoms with E-state index in [1.807, 2.05) is 46.4 Å². The molecule has 1 N–H and O–H groups in total. The number of thiazole rings is 1. The first kappa shape index (κ1) is 20.5. The zero-order valence-electron chi connectivity index (χ0n) is 17.3.